The molecule has 0 aliphatic carbocycles. The number of benzene rings is 1. The molecule has 0 amide bonds. The quantitative estimate of drug-likeness (QED) is 0.856. The summed E-state index contributed by atoms with van der Waals surface area (Å²) in [7, 11) is 0. The van der Waals surface area contributed by atoms with Gasteiger partial charge in [0.05, 0.1) is 11.2 Å². The molecule has 17 heavy (non-hydrogen) atoms. The molecule has 0 fully saturated rings. The van der Waals surface area contributed by atoms with Crippen molar-refractivity contribution in [2.75, 3.05) is 6.54 Å². The lowest BCUT2D eigenvalue weighted by Gasteiger charge is -2.05. The van der Waals surface area contributed by atoms with Gasteiger partial charge in [0.2, 0.25) is 0 Å². The number of aromatic nitrogens is 1. The van der Waals surface area contributed by atoms with E-state index in [0.717, 1.165) is 23.1 Å². The lowest BCUT2D eigenvalue weighted by atomic mass is 10.2. The second kappa shape index (κ2) is 6.23. The van der Waals surface area contributed by atoms with E-state index in [0.29, 0.717) is 12.1 Å². The summed E-state index contributed by atoms with van der Waals surface area (Å²) < 4.78 is 14.2. The van der Waals surface area contributed by atoms with Gasteiger partial charge in [0.15, 0.2) is 0 Å². The van der Waals surface area contributed by atoms with Gasteiger partial charge >= 0.3 is 0 Å². The summed E-state index contributed by atoms with van der Waals surface area (Å²) in [5.41, 5.74) is 3.59. The van der Waals surface area contributed by atoms with Crippen molar-refractivity contribution in [2.24, 2.45) is 0 Å². The monoisotopic (exact) mass is 314 g/mol. The van der Waals surface area contributed by atoms with Gasteiger partial charge in [-0.05, 0) is 12.1 Å². The molecule has 1 aromatic heterocycles. The Morgan fingerprint density at radius 1 is 1.41 bits per heavy atom. The SMILES string of the molecule is Fc1cc(Br)ccc1CNCCc1cscn1. The predicted molar refractivity (Wildman–Crippen MR) is 71.6 cm³/mol. The average Bonchev–Trinajstić information content (AvgIpc) is 2.79. The Balaban J connectivity index is 1.78. The van der Waals surface area contributed by atoms with Crippen molar-refractivity contribution < 1.29 is 4.39 Å². The van der Waals surface area contributed by atoms with Crippen LogP contribution >= 0.6 is 27.3 Å². The smallest absolute Gasteiger partial charge is 0.128 e. The first-order valence-electron chi connectivity index (χ1n) is 5.27. The van der Waals surface area contributed by atoms with Gasteiger partial charge in [0.25, 0.3) is 0 Å². The second-order valence-electron chi connectivity index (χ2n) is 3.64. The fourth-order valence-electron chi connectivity index (χ4n) is 1.47. The van der Waals surface area contributed by atoms with Crippen molar-refractivity contribution in [1.82, 2.24) is 10.3 Å². The molecule has 2 nitrogen and oxygen atoms in total. The van der Waals surface area contributed by atoms with Gasteiger partial charge in [-0.3, -0.25) is 0 Å². The summed E-state index contributed by atoms with van der Waals surface area (Å²) >= 11 is 4.83. The zero-order chi connectivity index (χ0) is 12.1. The zero-order valence-corrected chi connectivity index (χ0v) is 11.5. The molecule has 0 unspecified atom stereocenters. The summed E-state index contributed by atoms with van der Waals surface area (Å²) in [4.78, 5) is 4.19. The van der Waals surface area contributed by atoms with Crippen LogP contribution in [-0.4, -0.2) is 11.5 Å². The third kappa shape index (κ3) is 3.87. The lowest BCUT2D eigenvalue weighted by Crippen LogP contribution is -2.17. The topological polar surface area (TPSA) is 24.9 Å². The van der Waals surface area contributed by atoms with Crippen LogP contribution in [0.1, 0.15) is 11.3 Å². The van der Waals surface area contributed by atoms with Crippen molar-refractivity contribution >= 4 is 27.3 Å². The average molecular weight is 315 g/mol. The van der Waals surface area contributed by atoms with Crippen LogP contribution in [-0.2, 0) is 13.0 Å². The van der Waals surface area contributed by atoms with E-state index in [4.69, 9.17) is 0 Å². The number of rotatable bonds is 5. The van der Waals surface area contributed by atoms with Crippen LogP contribution in [0, 0.1) is 5.82 Å². The van der Waals surface area contributed by atoms with Crippen LogP contribution in [0.4, 0.5) is 4.39 Å². The Morgan fingerprint density at radius 3 is 3.00 bits per heavy atom. The number of hydrogen-bond donors (Lipinski definition) is 1. The van der Waals surface area contributed by atoms with Crippen LogP contribution in [0.5, 0.6) is 0 Å². The molecular formula is C12H12BrFN2S. The molecule has 0 atom stereocenters. The maximum absolute atomic E-state index is 13.5. The molecule has 90 valence electrons. The van der Waals surface area contributed by atoms with Crippen LogP contribution in [0.2, 0.25) is 0 Å². The normalized spacial score (nSPS) is 10.7. The molecule has 0 saturated heterocycles. The van der Waals surface area contributed by atoms with Crippen LogP contribution < -0.4 is 5.32 Å². The molecule has 0 aliphatic rings. The minimum atomic E-state index is -0.180. The molecule has 0 spiro atoms. The maximum Gasteiger partial charge on any atom is 0.128 e. The minimum absolute atomic E-state index is 0.180. The Labute approximate surface area is 112 Å². The van der Waals surface area contributed by atoms with Crippen LogP contribution in [0.3, 0.4) is 0 Å². The number of thiazole rings is 1. The fraction of sp³-hybridized carbons (Fsp3) is 0.250. The molecule has 2 rings (SSSR count). The number of nitrogens with zero attached hydrogens (tertiary/aromatic N) is 1. The van der Waals surface area contributed by atoms with E-state index in [1.807, 2.05) is 17.0 Å². The standard InChI is InChI=1S/C12H12BrFN2S/c13-10-2-1-9(12(14)5-10)6-15-4-3-11-7-17-8-16-11/h1-2,5,7-8,15H,3-4,6H2. The number of halogens is 2. The van der Waals surface area contributed by atoms with E-state index in [2.05, 4.69) is 26.2 Å². The highest BCUT2D eigenvalue weighted by molar-refractivity contribution is 9.10. The van der Waals surface area contributed by atoms with E-state index in [9.17, 15) is 4.39 Å². The third-order valence-electron chi connectivity index (χ3n) is 2.37. The van der Waals surface area contributed by atoms with E-state index in [-0.39, 0.29) is 5.82 Å². The van der Waals surface area contributed by atoms with Gasteiger partial charge in [-0.25, -0.2) is 9.37 Å². The van der Waals surface area contributed by atoms with Crippen LogP contribution in [0.25, 0.3) is 0 Å². The Hall–Kier alpha value is -0.780. The molecular weight excluding hydrogens is 303 g/mol. The van der Waals surface area contributed by atoms with Gasteiger partial charge in [0, 0.05) is 34.9 Å². The van der Waals surface area contributed by atoms with E-state index < -0.39 is 0 Å². The fourth-order valence-corrected chi connectivity index (χ4v) is 2.39. The van der Waals surface area contributed by atoms with E-state index >= 15 is 0 Å². The summed E-state index contributed by atoms with van der Waals surface area (Å²) in [6.45, 7) is 1.35. The first-order valence-corrected chi connectivity index (χ1v) is 7.01. The minimum Gasteiger partial charge on any atom is -0.312 e. The maximum atomic E-state index is 13.5. The van der Waals surface area contributed by atoms with Gasteiger partial charge < -0.3 is 5.32 Å². The summed E-state index contributed by atoms with van der Waals surface area (Å²) in [5, 5.41) is 5.24. The van der Waals surface area contributed by atoms with Gasteiger partial charge in [-0.1, -0.05) is 22.0 Å². The molecule has 0 radical (unpaired) electrons. The largest absolute Gasteiger partial charge is 0.312 e. The highest BCUT2D eigenvalue weighted by Gasteiger charge is 2.02. The molecule has 0 bridgehead atoms. The Kier molecular flexibility index (Phi) is 4.65. The highest BCUT2D eigenvalue weighted by Crippen LogP contribution is 2.14. The molecule has 5 heteroatoms. The van der Waals surface area contributed by atoms with Crippen LogP contribution in [0.15, 0.2) is 33.6 Å². The highest BCUT2D eigenvalue weighted by atomic mass is 79.9. The predicted octanol–water partition coefficient (Wildman–Crippen LogP) is 3.38. The van der Waals surface area contributed by atoms with Crippen molar-refractivity contribution in [3.63, 3.8) is 0 Å². The van der Waals surface area contributed by atoms with Crippen molar-refractivity contribution in [3.8, 4) is 0 Å². The molecule has 0 aliphatic heterocycles. The third-order valence-corrected chi connectivity index (χ3v) is 3.50. The summed E-state index contributed by atoms with van der Waals surface area (Å²) in [6, 6.07) is 5.12. The van der Waals surface area contributed by atoms with E-state index in [1.54, 1.807) is 17.4 Å². The molecule has 0 saturated carbocycles. The molecule has 1 N–H and O–H groups in total. The van der Waals surface area contributed by atoms with Gasteiger partial charge in [-0.15, -0.1) is 11.3 Å². The molecule has 1 aromatic carbocycles. The van der Waals surface area contributed by atoms with Gasteiger partial charge in [-0.2, -0.15) is 0 Å². The van der Waals surface area contributed by atoms with Crippen molar-refractivity contribution in [3.05, 3.63) is 50.6 Å². The molecule has 2 aromatic rings. The summed E-state index contributed by atoms with van der Waals surface area (Å²) in [5.74, 6) is -0.180. The first-order chi connectivity index (χ1) is 8.25. The van der Waals surface area contributed by atoms with Crippen molar-refractivity contribution in [2.45, 2.75) is 13.0 Å². The first kappa shape index (κ1) is 12.7. The zero-order valence-electron chi connectivity index (χ0n) is 9.12. The van der Waals surface area contributed by atoms with E-state index in [1.165, 1.54) is 6.07 Å². The molecule has 1 heterocycles. The summed E-state index contributed by atoms with van der Waals surface area (Å²) in [6.07, 6.45) is 0.877. The Morgan fingerprint density at radius 2 is 2.29 bits per heavy atom. The number of hydrogen-bond acceptors (Lipinski definition) is 3. The lowest BCUT2D eigenvalue weighted by molar-refractivity contribution is 0.587. The second-order valence-corrected chi connectivity index (χ2v) is 5.28. The Bertz CT molecular complexity index is 473. The number of nitrogens with one attached hydrogen (secondary N) is 1. The van der Waals surface area contributed by atoms with Crippen molar-refractivity contribution in [1.29, 1.82) is 0 Å². The van der Waals surface area contributed by atoms with Gasteiger partial charge in [0.1, 0.15) is 5.82 Å².